The second-order valence-electron chi connectivity index (χ2n) is 16.3. The maximum Gasteiger partial charge on any atom is 0.512 e. The first-order valence-corrected chi connectivity index (χ1v) is 17.6. The highest BCUT2D eigenvalue weighted by Gasteiger charge is 2.53. The van der Waals surface area contributed by atoms with Crippen LogP contribution in [0.25, 0.3) is 22.0 Å². The third-order valence-electron chi connectivity index (χ3n) is 9.69. The van der Waals surface area contributed by atoms with Gasteiger partial charge in [-0.25, -0.2) is 10.2 Å². The van der Waals surface area contributed by atoms with E-state index in [-0.39, 0.29) is 17.9 Å². The minimum atomic E-state index is -0.817. The first kappa shape index (κ1) is 37.4. The summed E-state index contributed by atoms with van der Waals surface area (Å²) in [5, 5.41) is 5.46. The first-order valence-electron chi connectivity index (χ1n) is 17.6. The minimum Gasteiger partial charge on any atom is -0.467 e. The molecule has 0 radical (unpaired) electrons. The van der Waals surface area contributed by atoms with Gasteiger partial charge in [0.1, 0.15) is 11.6 Å². The molecule has 0 bridgehead atoms. The van der Waals surface area contributed by atoms with Gasteiger partial charge in [0.15, 0.2) is 0 Å². The van der Waals surface area contributed by atoms with E-state index < -0.39 is 36.1 Å². The molecule has 3 N–H and O–H groups in total. The van der Waals surface area contributed by atoms with Crippen LogP contribution >= 0.6 is 0 Å². The topological polar surface area (TPSA) is 131 Å². The van der Waals surface area contributed by atoms with E-state index >= 15 is 0 Å². The van der Waals surface area contributed by atoms with Crippen LogP contribution in [0.5, 0.6) is 0 Å². The lowest BCUT2D eigenvalue weighted by molar-refractivity contribution is -0.137. The minimum absolute atomic E-state index is 0.198. The molecule has 270 valence electrons. The number of hydrogen-bond acceptors (Lipinski definition) is 8. The molecule has 11 nitrogen and oxygen atoms in total. The molecule has 2 fully saturated rings. The van der Waals surface area contributed by atoms with E-state index in [9.17, 15) is 14.4 Å². The Hall–Kier alpha value is -3.87. The molecule has 0 unspecified atom stereocenters. The number of nitrogens with zero attached hydrogens (tertiary/aromatic N) is 1. The van der Waals surface area contributed by atoms with Crippen molar-refractivity contribution in [2.24, 2.45) is 5.41 Å². The number of fused-ring (bicyclic) bond motifs is 1. The van der Waals surface area contributed by atoms with Crippen LogP contribution in [0.15, 0.2) is 42.5 Å². The van der Waals surface area contributed by atoms with Gasteiger partial charge < -0.3 is 29.1 Å². The van der Waals surface area contributed by atoms with Crippen molar-refractivity contribution in [3.05, 3.63) is 53.6 Å². The molecule has 50 heavy (non-hydrogen) atoms. The Morgan fingerprint density at radius 3 is 2.36 bits per heavy atom. The van der Waals surface area contributed by atoms with Crippen molar-refractivity contribution >= 4 is 42.1 Å². The van der Waals surface area contributed by atoms with E-state index in [2.05, 4.69) is 53.8 Å². The molecule has 3 aromatic rings. The fraction of sp³-hybridized carbons (Fsp3) is 0.553. The summed E-state index contributed by atoms with van der Waals surface area (Å²) in [6.45, 7) is 19.7. The molecular formula is C38H53BN4O7. The van der Waals surface area contributed by atoms with E-state index in [0.29, 0.717) is 32.4 Å². The zero-order chi connectivity index (χ0) is 36.5. The third kappa shape index (κ3) is 8.70. The van der Waals surface area contributed by atoms with E-state index in [0.717, 1.165) is 51.6 Å². The number of amides is 2. The Kier molecular flexibility index (Phi) is 10.8. The van der Waals surface area contributed by atoms with Gasteiger partial charge in [-0.3, -0.25) is 14.6 Å². The second kappa shape index (κ2) is 14.4. The van der Waals surface area contributed by atoms with Crippen molar-refractivity contribution in [2.45, 2.75) is 111 Å². The number of nitrogens with one attached hydrogen (secondary N) is 3. The average Bonchev–Trinajstić information content (AvgIpc) is 3.49. The number of rotatable bonds is 11. The second-order valence-corrected chi connectivity index (χ2v) is 16.3. The van der Waals surface area contributed by atoms with Crippen LogP contribution < -0.4 is 16.3 Å². The number of H-pyrrole nitrogens is 1. The van der Waals surface area contributed by atoms with Crippen molar-refractivity contribution in [3.8, 4) is 11.1 Å². The van der Waals surface area contributed by atoms with Crippen molar-refractivity contribution in [1.82, 2.24) is 20.7 Å². The summed E-state index contributed by atoms with van der Waals surface area (Å²) >= 11 is 0. The fourth-order valence-corrected chi connectivity index (χ4v) is 6.42. The summed E-state index contributed by atoms with van der Waals surface area (Å²) in [6, 6.07) is 13.5. The van der Waals surface area contributed by atoms with Crippen LogP contribution in [0.2, 0.25) is 0 Å². The fourth-order valence-electron chi connectivity index (χ4n) is 6.42. The summed E-state index contributed by atoms with van der Waals surface area (Å²) in [7, 11) is -0.599. The number of aromatic nitrogens is 1. The van der Waals surface area contributed by atoms with Crippen molar-refractivity contribution in [3.63, 3.8) is 0 Å². The number of carbonyl (C=O) groups is 3. The van der Waals surface area contributed by atoms with Crippen molar-refractivity contribution < 1.29 is 33.2 Å². The monoisotopic (exact) mass is 688 g/mol. The molecule has 5 rings (SSSR count). The molecule has 0 saturated carbocycles. The van der Waals surface area contributed by atoms with Gasteiger partial charge >= 0.3 is 13.2 Å². The number of aromatic amines is 1. The largest absolute Gasteiger partial charge is 0.512 e. The Morgan fingerprint density at radius 1 is 1.02 bits per heavy atom. The smallest absolute Gasteiger partial charge is 0.467 e. The predicted molar refractivity (Wildman–Crippen MR) is 195 cm³/mol. The van der Waals surface area contributed by atoms with Gasteiger partial charge in [0.25, 0.3) is 12.4 Å². The summed E-state index contributed by atoms with van der Waals surface area (Å²) in [6.07, 6.45) is 2.15. The molecule has 2 saturated heterocycles. The van der Waals surface area contributed by atoms with Gasteiger partial charge in [-0.15, -0.1) is 0 Å². The molecule has 2 aromatic carbocycles. The van der Waals surface area contributed by atoms with Gasteiger partial charge in [-0.05, 0) is 102 Å². The molecule has 3 heterocycles. The van der Waals surface area contributed by atoms with Crippen molar-refractivity contribution in [1.29, 1.82) is 0 Å². The Labute approximate surface area is 296 Å². The van der Waals surface area contributed by atoms with E-state index in [1.165, 1.54) is 0 Å². The lowest BCUT2D eigenvalue weighted by atomic mass is 9.76. The van der Waals surface area contributed by atoms with Gasteiger partial charge in [-0.2, -0.15) is 0 Å². The maximum atomic E-state index is 13.7. The van der Waals surface area contributed by atoms with Gasteiger partial charge in [0.2, 0.25) is 0 Å². The van der Waals surface area contributed by atoms with Crippen molar-refractivity contribution in [2.75, 3.05) is 19.7 Å². The zero-order valence-corrected chi connectivity index (χ0v) is 31.0. The summed E-state index contributed by atoms with van der Waals surface area (Å²) in [5.41, 5.74) is 6.76. The predicted octanol–water partition coefficient (Wildman–Crippen LogP) is 5.44. The normalized spacial score (nSPS) is 18.2. The Balaban J connectivity index is 1.49. The molecule has 2 aliphatic heterocycles. The Bertz CT molecular complexity index is 1690. The molecule has 2 aliphatic rings. The quantitative estimate of drug-likeness (QED) is 0.180. The number of ether oxygens (including phenoxy) is 2. The van der Waals surface area contributed by atoms with Gasteiger partial charge in [-0.1, -0.05) is 44.2 Å². The van der Waals surface area contributed by atoms with Crippen LogP contribution in [-0.4, -0.2) is 78.1 Å². The number of hydrogen-bond donors (Lipinski definition) is 3. The molecule has 12 heteroatoms. The summed E-state index contributed by atoms with van der Waals surface area (Å²) in [4.78, 5) is 41.2. The number of benzene rings is 2. The lowest BCUT2D eigenvalue weighted by Crippen LogP contribution is -2.56. The lowest BCUT2D eigenvalue weighted by Gasteiger charge is -2.32. The number of hydrazine groups is 1. The SMILES string of the molecule is CC(C)(COC=O)Cc1c(B2OC(C)(C)C(C)(C)O2)[nH]c2ccc(-c3cccc(C[C@H](NC(=O)OC(C)(C)C)C(=O)N4CCCCN4)c3)cc12. The van der Waals surface area contributed by atoms with Crippen LogP contribution in [0, 0.1) is 5.41 Å². The van der Waals surface area contributed by atoms with Gasteiger partial charge in [0, 0.05) is 41.4 Å². The standard InChI is InChI=1S/C38H53BN4O7/c1-35(2,3)48-34(46)42-31(33(45)43-18-11-10-17-40-43)20-25-13-12-14-26(19-25)27-15-16-30-28(21-27)29(22-36(4,5)23-47-24-44)32(41-30)39-49-37(6,7)38(8,9)50-39/h12-16,19,21,24,31,40-41H,10-11,17-18,20,22-23H2,1-9H3,(H,42,46)/t31-/m0/s1. The van der Waals surface area contributed by atoms with Crippen LogP contribution in [0.4, 0.5) is 4.79 Å². The maximum absolute atomic E-state index is 13.7. The molecule has 2 amide bonds. The summed E-state index contributed by atoms with van der Waals surface area (Å²) in [5.74, 6) is -0.198. The average molecular weight is 689 g/mol. The zero-order valence-electron chi connectivity index (χ0n) is 31.0. The number of alkyl carbamates (subject to hydrolysis) is 1. The highest BCUT2D eigenvalue weighted by atomic mass is 16.7. The summed E-state index contributed by atoms with van der Waals surface area (Å²) < 4.78 is 23.7. The first-order chi connectivity index (χ1) is 23.4. The molecule has 0 spiro atoms. The van der Waals surface area contributed by atoms with Gasteiger partial charge in [0.05, 0.1) is 17.8 Å². The highest BCUT2D eigenvalue weighted by molar-refractivity contribution is 6.62. The van der Waals surface area contributed by atoms with Crippen LogP contribution in [0.3, 0.4) is 0 Å². The molecule has 1 aromatic heterocycles. The molecule has 1 atom stereocenters. The van der Waals surface area contributed by atoms with Crippen LogP contribution in [0.1, 0.15) is 86.3 Å². The van der Waals surface area contributed by atoms with Crippen LogP contribution in [-0.2, 0) is 41.2 Å². The molecule has 0 aliphatic carbocycles. The van der Waals surface area contributed by atoms with E-state index in [4.69, 9.17) is 18.8 Å². The highest BCUT2D eigenvalue weighted by Crippen LogP contribution is 2.38. The van der Waals surface area contributed by atoms with E-state index in [1.807, 2.05) is 45.9 Å². The third-order valence-corrected chi connectivity index (χ3v) is 9.69. The molecular weight excluding hydrogens is 635 g/mol. The Morgan fingerprint density at radius 2 is 1.72 bits per heavy atom. The van der Waals surface area contributed by atoms with E-state index in [1.54, 1.807) is 25.8 Å². The number of carbonyl (C=O) groups excluding carboxylic acids is 3.